The second-order valence-electron chi connectivity index (χ2n) is 4.84. The number of hydrogen-bond donors (Lipinski definition) is 1. The Labute approximate surface area is 136 Å². The van der Waals surface area contributed by atoms with Crippen LogP contribution in [-0.2, 0) is 0 Å². The standard InChI is InChI=1S/C15H15BrClNOS/c1-9(2)14(13-4-3-7-20-13)18-15(19)10-5-6-12(17)11(16)8-10/h3-9,14H,1-2H3,(H,18,19). The van der Waals surface area contributed by atoms with Gasteiger partial charge in [-0.2, -0.15) is 0 Å². The van der Waals surface area contributed by atoms with E-state index in [2.05, 4.69) is 35.1 Å². The average molecular weight is 373 g/mol. The van der Waals surface area contributed by atoms with Crippen LogP contribution < -0.4 is 5.32 Å². The highest BCUT2D eigenvalue weighted by Gasteiger charge is 2.20. The molecule has 1 aromatic carbocycles. The van der Waals surface area contributed by atoms with E-state index in [9.17, 15) is 4.79 Å². The molecule has 1 atom stereocenters. The van der Waals surface area contributed by atoms with Crippen LogP contribution in [0.15, 0.2) is 40.2 Å². The van der Waals surface area contributed by atoms with Crippen molar-refractivity contribution in [3.05, 3.63) is 55.6 Å². The molecule has 1 N–H and O–H groups in total. The largest absolute Gasteiger partial charge is 0.344 e. The van der Waals surface area contributed by atoms with Gasteiger partial charge in [-0.05, 0) is 51.5 Å². The van der Waals surface area contributed by atoms with Gasteiger partial charge in [-0.15, -0.1) is 11.3 Å². The van der Waals surface area contributed by atoms with Gasteiger partial charge in [-0.3, -0.25) is 4.79 Å². The van der Waals surface area contributed by atoms with E-state index in [1.165, 1.54) is 4.88 Å². The lowest BCUT2D eigenvalue weighted by Gasteiger charge is -2.21. The summed E-state index contributed by atoms with van der Waals surface area (Å²) in [5, 5.41) is 5.71. The Kier molecular flexibility index (Phi) is 5.24. The number of carbonyl (C=O) groups is 1. The molecule has 1 amide bonds. The minimum Gasteiger partial charge on any atom is -0.344 e. The lowest BCUT2D eigenvalue weighted by atomic mass is 10.0. The fourth-order valence-corrected chi connectivity index (χ4v) is 3.34. The number of hydrogen-bond acceptors (Lipinski definition) is 2. The summed E-state index contributed by atoms with van der Waals surface area (Å²) in [5.41, 5.74) is 0.600. The number of halogens is 2. The van der Waals surface area contributed by atoms with Gasteiger partial charge in [0.1, 0.15) is 0 Å². The van der Waals surface area contributed by atoms with E-state index in [4.69, 9.17) is 11.6 Å². The third kappa shape index (κ3) is 3.62. The maximum Gasteiger partial charge on any atom is 0.251 e. The Hall–Kier alpha value is -0.840. The van der Waals surface area contributed by atoms with Crippen LogP contribution in [0.4, 0.5) is 0 Å². The molecule has 0 spiro atoms. The lowest BCUT2D eigenvalue weighted by molar-refractivity contribution is 0.0926. The van der Waals surface area contributed by atoms with E-state index >= 15 is 0 Å². The summed E-state index contributed by atoms with van der Waals surface area (Å²) in [6, 6.07) is 9.26. The van der Waals surface area contributed by atoms with Crippen molar-refractivity contribution in [1.82, 2.24) is 5.32 Å². The van der Waals surface area contributed by atoms with Gasteiger partial charge in [0, 0.05) is 14.9 Å². The van der Waals surface area contributed by atoms with Crippen LogP contribution in [0.25, 0.3) is 0 Å². The smallest absolute Gasteiger partial charge is 0.251 e. The molecule has 20 heavy (non-hydrogen) atoms. The molecule has 0 bridgehead atoms. The Balaban J connectivity index is 2.18. The molecule has 1 unspecified atom stereocenters. The van der Waals surface area contributed by atoms with Crippen LogP contribution >= 0.6 is 38.9 Å². The predicted octanol–water partition coefficient (Wildman–Crippen LogP) is 5.29. The average Bonchev–Trinajstić information content (AvgIpc) is 2.92. The second kappa shape index (κ2) is 6.74. The summed E-state index contributed by atoms with van der Waals surface area (Å²) in [4.78, 5) is 13.5. The molecule has 0 aliphatic heterocycles. The quantitative estimate of drug-likeness (QED) is 0.776. The molecule has 1 heterocycles. The maximum atomic E-state index is 12.3. The third-order valence-corrected chi connectivity index (χ3v) is 5.15. The van der Waals surface area contributed by atoms with Crippen LogP contribution in [0.2, 0.25) is 5.02 Å². The summed E-state index contributed by atoms with van der Waals surface area (Å²) in [5.74, 6) is 0.239. The fourth-order valence-electron chi connectivity index (χ4n) is 1.90. The number of rotatable bonds is 4. The van der Waals surface area contributed by atoms with Crippen molar-refractivity contribution in [1.29, 1.82) is 0 Å². The van der Waals surface area contributed by atoms with Gasteiger partial charge in [0.2, 0.25) is 0 Å². The highest BCUT2D eigenvalue weighted by atomic mass is 79.9. The molecule has 0 fully saturated rings. The van der Waals surface area contributed by atoms with Crippen molar-refractivity contribution < 1.29 is 4.79 Å². The van der Waals surface area contributed by atoms with E-state index in [-0.39, 0.29) is 11.9 Å². The Morgan fingerprint density at radius 2 is 2.10 bits per heavy atom. The summed E-state index contributed by atoms with van der Waals surface area (Å²) in [7, 11) is 0. The third-order valence-electron chi connectivity index (χ3n) is 2.98. The summed E-state index contributed by atoms with van der Waals surface area (Å²) < 4.78 is 0.726. The van der Waals surface area contributed by atoms with Gasteiger partial charge < -0.3 is 5.32 Å². The number of carbonyl (C=O) groups excluding carboxylic acids is 1. The van der Waals surface area contributed by atoms with Gasteiger partial charge in [0.15, 0.2) is 0 Å². The number of thiophene rings is 1. The highest BCUT2D eigenvalue weighted by molar-refractivity contribution is 9.10. The summed E-state index contributed by atoms with van der Waals surface area (Å²) in [6.45, 7) is 4.20. The minimum absolute atomic E-state index is 0.0250. The zero-order valence-corrected chi connectivity index (χ0v) is 14.3. The van der Waals surface area contributed by atoms with Crippen LogP contribution in [0, 0.1) is 5.92 Å². The molecule has 0 aliphatic rings. The van der Waals surface area contributed by atoms with E-state index in [0.717, 1.165) is 4.47 Å². The zero-order valence-electron chi connectivity index (χ0n) is 11.2. The molecule has 0 radical (unpaired) electrons. The van der Waals surface area contributed by atoms with Crippen molar-refractivity contribution in [2.75, 3.05) is 0 Å². The highest BCUT2D eigenvalue weighted by Crippen LogP contribution is 2.27. The topological polar surface area (TPSA) is 29.1 Å². The van der Waals surface area contributed by atoms with E-state index in [0.29, 0.717) is 16.5 Å². The molecule has 0 saturated heterocycles. The lowest BCUT2D eigenvalue weighted by Crippen LogP contribution is -2.31. The first-order chi connectivity index (χ1) is 9.49. The normalized spacial score (nSPS) is 12.4. The molecule has 2 aromatic rings. The molecule has 1 aromatic heterocycles. The van der Waals surface area contributed by atoms with Gasteiger partial charge in [0.05, 0.1) is 11.1 Å². The Morgan fingerprint density at radius 1 is 1.35 bits per heavy atom. The van der Waals surface area contributed by atoms with E-state index in [1.807, 2.05) is 17.5 Å². The van der Waals surface area contributed by atoms with Crippen molar-refractivity contribution >= 4 is 44.8 Å². The predicted molar refractivity (Wildman–Crippen MR) is 88.5 cm³/mol. The first kappa shape index (κ1) is 15.5. The number of nitrogens with one attached hydrogen (secondary N) is 1. The number of benzene rings is 1. The van der Waals surface area contributed by atoms with Crippen molar-refractivity contribution in [2.24, 2.45) is 5.92 Å². The maximum absolute atomic E-state index is 12.3. The molecule has 0 aliphatic carbocycles. The van der Waals surface area contributed by atoms with Crippen LogP contribution in [0.1, 0.15) is 35.1 Å². The molecular formula is C15H15BrClNOS. The van der Waals surface area contributed by atoms with Crippen molar-refractivity contribution in [2.45, 2.75) is 19.9 Å². The molecule has 5 heteroatoms. The first-order valence-corrected chi connectivity index (χ1v) is 8.33. The van der Waals surface area contributed by atoms with Crippen molar-refractivity contribution in [3.8, 4) is 0 Å². The van der Waals surface area contributed by atoms with Crippen molar-refractivity contribution in [3.63, 3.8) is 0 Å². The van der Waals surface area contributed by atoms with Crippen LogP contribution in [0.3, 0.4) is 0 Å². The summed E-state index contributed by atoms with van der Waals surface area (Å²) in [6.07, 6.45) is 0. The SMILES string of the molecule is CC(C)C(NC(=O)c1ccc(Cl)c(Br)c1)c1cccs1. The first-order valence-electron chi connectivity index (χ1n) is 6.28. The second-order valence-corrected chi connectivity index (χ2v) is 7.08. The molecular weight excluding hydrogens is 358 g/mol. The fraction of sp³-hybridized carbons (Fsp3) is 0.267. The van der Waals surface area contributed by atoms with Gasteiger partial charge in [-0.25, -0.2) is 0 Å². The van der Waals surface area contributed by atoms with E-state index in [1.54, 1.807) is 29.5 Å². The molecule has 2 nitrogen and oxygen atoms in total. The Morgan fingerprint density at radius 3 is 2.65 bits per heavy atom. The van der Waals surface area contributed by atoms with Crippen LogP contribution in [-0.4, -0.2) is 5.91 Å². The number of amides is 1. The monoisotopic (exact) mass is 371 g/mol. The molecule has 0 saturated carbocycles. The zero-order chi connectivity index (χ0) is 14.7. The van der Waals surface area contributed by atoms with Gasteiger partial charge in [-0.1, -0.05) is 31.5 Å². The molecule has 106 valence electrons. The minimum atomic E-state index is -0.0885. The summed E-state index contributed by atoms with van der Waals surface area (Å²) >= 11 is 10.9. The Bertz CT molecular complexity index is 598. The van der Waals surface area contributed by atoms with E-state index < -0.39 is 0 Å². The van der Waals surface area contributed by atoms with Crippen LogP contribution in [0.5, 0.6) is 0 Å². The molecule has 2 rings (SSSR count). The van der Waals surface area contributed by atoms with Gasteiger partial charge in [0.25, 0.3) is 5.91 Å². The van der Waals surface area contributed by atoms with Gasteiger partial charge >= 0.3 is 0 Å².